The molecule has 0 aliphatic rings. The van der Waals surface area contributed by atoms with Crippen LogP contribution in [0.25, 0.3) is 0 Å². The van der Waals surface area contributed by atoms with E-state index in [1.807, 2.05) is 6.07 Å². The van der Waals surface area contributed by atoms with Crippen LogP contribution in [-0.4, -0.2) is 5.11 Å². The van der Waals surface area contributed by atoms with Crippen molar-refractivity contribution in [3.05, 3.63) is 62.8 Å². The van der Waals surface area contributed by atoms with E-state index in [2.05, 4.69) is 15.9 Å². The number of aliphatic hydroxyl groups is 1. The first-order valence-corrected chi connectivity index (χ1v) is 7.18. The van der Waals surface area contributed by atoms with Gasteiger partial charge in [-0.25, -0.2) is 4.39 Å². The van der Waals surface area contributed by atoms with Gasteiger partial charge in [0.15, 0.2) is 0 Å². The Hall–Kier alpha value is -1.10. The van der Waals surface area contributed by atoms with Gasteiger partial charge in [-0.05, 0) is 42.8 Å². The van der Waals surface area contributed by atoms with Crippen molar-refractivity contribution in [3.8, 4) is 5.75 Å². The van der Waals surface area contributed by atoms with E-state index in [1.54, 1.807) is 25.1 Å². The zero-order valence-electron chi connectivity index (χ0n) is 10.7. The molecule has 0 heterocycles. The number of halogens is 3. The first-order valence-electron chi connectivity index (χ1n) is 6.01. The van der Waals surface area contributed by atoms with Crippen molar-refractivity contribution in [1.82, 2.24) is 0 Å². The Bertz CT molecular complexity index is 617. The maximum absolute atomic E-state index is 13.1. The Kier molecular flexibility index (Phi) is 5.02. The van der Waals surface area contributed by atoms with Gasteiger partial charge in [-0.2, -0.15) is 0 Å². The quantitative estimate of drug-likeness (QED) is 0.843. The standard InChI is InChI=1S/C15H13BrClFO2/c1-9(19)12-7-11(16)3-5-15(12)20-8-10-2-4-14(18)13(17)6-10/h2-7,9,19H,8H2,1H3. The normalized spacial score (nSPS) is 12.2. The lowest BCUT2D eigenvalue weighted by molar-refractivity contribution is 0.190. The molecule has 0 aromatic heterocycles. The average molecular weight is 360 g/mol. The lowest BCUT2D eigenvalue weighted by atomic mass is 10.1. The average Bonchev–Trinajstić information content (AvgIpc) is 2.41. The maximum atomic E-state index is 13.1. The molecule has 0 saturated heterocycles. The smallest absolute Gasteiger partial charge is 0.141 e. The predicted octanol–water partition coefficient (Wildman–Crippen LogP) is 4.87. The molecule has 1 atom stereocenters. The summed E-state index contributed by atoms with van der Waals surface area (Å²) in [4.78, 5) is 0. The molecule has 0 aliphatic heterocycles. The van der Waals surface area contributed by atoms with Gasteiger partial charge in [0.25, 0.3) is 0 Å². The minimum absolute atomic E-state index is 0.0673. The Morgan fingerprint density at radius 3 is 2.70 bits per heavy atom. The van der Waals surface area contributed by atoms with Crippen molar-refractivity contribution >= 4 is 27.5 Å². The van der Waals surface area contributed by atoms with Gasteiger partial charge in [-0.15, -0.1) is 0 Å². The van der Waals surface area contributed by atoms with Gasteiger partial charge in [0, 0.05) is 10.0 Å². The van der Waals surface area contributed by atoms with Crippen LogP contribution in [0.15, 0.2) is 40.9 Å². The van der Waals surface area contributed by atoms with Crippen LogP contribution in [0.1, 0.15) is 24.2 Å². The fraction of sp³-hybridized carbons (Fsp3) is 0.200. The lowest BCUT2D eigenvalue weighted by Gasteiger charge is -2.14. The Labute approximate surface area is 130 Å². The highest BCUT2D eigenvalue weighted by molar-refractivity contribution is 9.10. The Morgan fingerprint density at radius 1 is 1.30 bits per heavy atom. The van der Waals surface area contributed by atoms with E-state index >= 15 is 0 Å². The van der Waals surface area contributed by atoms with Crippen LogP contribution in [0, 0.1) is 5.82 Å². The van der Waals surface area contributed by atoms with Crippen LogP contribution in [-0.2, 0) is 6.61 Å². The summed E-state index contributed by atoms with van der Waals surface area (Å²) in [6.45, 7) is 1.92. The van der Waals surface area contributed by atoms with Crippen molar-refractivity contribution in [1.29, 1.82) is 0 Å². The van der Waals surface area contributed by atoms with Crippen LogP contribution < -0.4 is 4.74 Å². The number of rotatable bonds is 4. The zero-order chi connectivity index (χ0) is 14.7. The fourth-order valence-corrected chi connectivity index (χ4v) is 2.35. The van der Waals surface area contributed by atoms with E-state index in [9.17, 15) is 9.50 Å². The number of ether oxygens (including phenoxy) is 1. The highest BCUT2D eigenvalue weighted by atomic mass is 79.9. The maximum Gasteiger partial charge on any atom is 0.141 e. The third-order valence-corrected chi connectivity index (χ3v) is 3.58. The largest absolute Gasteiger partial charge is 0.489 e. The lowest BCUT2D eigenvalue weighted by Crippen LogP contribution is -2.01. The molecular formula is C15H13BrClFO2. The molecule has 2 aromatic rings. The Balaban J connectivity index is 2.16. The SMILES string of the molecule is CC(O)c1cc(Br)ccc1OCc1ccc(F)c(Cl)c1. The van der Waals surface area contributed by atoms with Crippen LogP contribution in [0.4, 0.5) is 4.39 Å². The van der Waals surface area contributed by atoms with Gasteiger partial charge in [0.2, 0.25) is 0 Å². The van der Waals surface area contributed by atoms with E-state index in [-0.39, 0.29) is 11.6 Å². The van der Waals surface area contributed by atoms with Crippen LogP contribution in [0.3, 0.4) is 0 Å². The van der Waals surface area contributed by atoms with Crippen LogP contribution in [0.2, 0.25) is 5.02 Å². The summed E-state index contributed by atoms with van der Waals surface area (Å²) in [6.07, 6.45) is -0.640. The molecule has 0 bridgehead atoms. The molecule has 1 N–H and O–H groups in total. The number of hydrogen-bond acceptors (Lipinski definition) is 2. The molecule has 5 heteroatoms. The minimum Gasteiger partial charge on any atom is -0.489 e. The number of benzene rings is 2. The predicted molar refractivity (Wildman–Crippen MR) is 80.5 cm³/mol. The first kappa shape index (κ1) is 15.3. The molecular weight excluding hydrogens is 347 g/mol. The van der Waals surface area contributed by atoms with Gasteiger partial charge < -0.3 is 9.84 Å². The van der Waals surface area contributed by atoms with E-state index in [4.69, 9.17) is 16.3 Å². The zero-order valence-corrected chi connectivity index (χ0v) is 13.1. The summed E-state index contributed by atoms with van der Waals surface area (Å²) in [7, 11) is 0. The monoisotopic (exact) mass is 358 g/mol. The van der Waals surface area contributed by atoms with Gasteiger partial charge in [-0.3, -0.25) is 0 Å². The van der Waals surface area contributed by atoms with Crippen molar-refractivity contribution in [2.75, 3.05) is 0 Å². The molecule has 1 unspecified atom stereocenters. The second-order valence-electron chi connectivity index (χ2n) is 4.40. The van der Waals surface area contributed by atoms with E-state index < -0.39 is 11.9 Å². The van der Waals surface area contributed by atoms with Crippen molar-refractivity contribution in [3.63, 3.8) is 0 Å². The molecule has 0 amide bonds. The number of hydrogen-bond donors (Lipinski definition) is 1. The molecule has 2 nitrogen and oxygen atoms in total. The third-order valence-electron chi connectivity index (χ3n) is 2.80. The molecule has 2 aromatic carbocycles. The molecule has 0 aliphatic carbocycles. The van der Waals surface area contributed by atoms with Crippen LogP contribution >= 0.6 is 27.5 Å². The highest BCUT2D eigenvalue weighted by Gasteiger charge is 2.10. The third kappa shape index (κ3) is 3.72. The molecule has 20 heavy (non-hydrogen) atoms. The molecule has 0 saturated carbocycles. The molecule has 0 spiro atoms. The topological polar surface area (TPSA) is 29.5 Å². The van der Waals surface area contributed by atoms with Gasteiger partial charge in [-0.1, -0.05) is 33.6 Å². The van der Waals surface area contributed by atoms with E-state index in [0.29, 0.717) is 11.3 Å². The number of aliphatic hydroxyl groups excluding tert-OH is 1. The fourth-order valence-electron chi connectivity index (χ4n) is 1.77. The van der Waals surface area contributed by atoms with Gasteiger partial charge in [0.05, 0.1) is 11.1 Å². The molecule has 0 fully saturated rings. The summed E-state index contributed by atoms with van der Waals surface area (Å²) in [5.74, 6) is 0.132. The van der Waals surface area contributed by atoms with Crippen molar-refractivity contribution in [2.45, 2.75) is 19.6 Å². The second kappa shape index (κ2) is 6.57. The Morgan fingerprint density at radius 2 is 2.05 bits per heavy atom. The highest BCUT2D eigenvalue weighted by Crippen LogP contribution is 2.29. The van der Waals surface area contributed by atoms with E-state index in [0.717, 1.165) is 10.0 Å². The summed E-state index contributed by atoms with van der Waals surface area (Å²) >= 11 is 9.07. The van der Waals surface area contributed by atoms with E-state index in [1.165, 1.54) is 12.1 Å². The molecule has 106 valence electrons. The first-order chi connectivity index (χ1) is 9.47. The second-order valence-corrected chi connectivity index (χ2v) is 5.72. The van der Waals surface area contributed by atoms with Crippen LogP contribution in [0.5, 0.6) is 5.75 Å². The van der Waals surface area contributed by atoms with Gasteiger partial charge in [0.1, 0.15) is 18.2 Å². The van der Waals surface area contributed by atoms with Crippen molar-refractivity contribution < 1.29 is 14.2 Å². The minimum atomic E-state index is -0.640. The summed E-state index contributed by atoms with van der Waals surface area (Å²) in [6, 6.07) is 9.85. The van der Waals surface area contributed by atoms with Crippen molar-refractivity contribution in [2.24, 2.45) is 0 Å². The summed E-state index contributed by atoms with van der Waals surface area (Å²) < 4.78 is 19.6. The summed E-state index contributed by atoms with van der Waals surface area (Å²) in [5, 5.41) is 9.80. The molecule has 2 rings (SSSR count). The summed E-state index contributed by atoms with van der Waals surface area (Å²) in [5.41, 5.74) is 1.45. The van der Waals surface area contributed by atoms with Gasteiger partial charge >= 0.3 is 0 Å². The molecule has 0 radical (unpaired) electrons.